The largest absolute Gasteiger partial charge is 0.508 e. The minimum absolute atomic E-state index is 0.0442. The van der Waals surface area contributed by atoms with Crippen LogP contribution in [0.3, 0.4) is 0 Å². The Morgan fingerprint density at radius 1 is 1.06 bits per heavy atom. The summed E-state index contributed by atoms with van der Waals surface area (Å²) >= 11 is 1.29. The summed E-state index contributed by atoms with van der Waals surface area (Å²) in [4.78, 5) is 22.4. The predicted octanol–water partition coefficient (Wildman–Crippen LogP) is 6.07. The highest BCUT2D eigenvalue weighted by molar-refractivity contribution is 7.22. The molecule has 0 bridgehead atoms. The van der Waals surface area contributed by atoms with Crippen molar-refractivity contribution in [3.8, 4) is 27.7 Å². The van der Waals surface area contributed by atoms with Gasteiger partial charge >= 0.3 is 5.97 Å². The van der Waals surface area contributed by atoms with E-state index in [1.165, 1.54) is 29.5 Å². The van der Waals surface area contributed by atoms with Gasteiger partial charge in [0.25, 0.3) is 5.69 Å². The number of phenols is 1. The molecular formula is C23H15NO6S. The second kappa shape index (κ2) is 8.29. The van der Waals surface area contributed by atoms with Crippen LogP contribution in [-0.2, 0) is 4.79 Å². The van der Waals surface area contributed by atoms with Gasteiger partial charge in [0, 0.05) is 22.2 Å². The summed E-state index contributed by atoms with van der Waals surface area (Å²) in [6.07, 6.45) is 2.51. The minimum Gasteiger partial charge on any atom is -0.508 e. The highest BCUT2D eigenvalue weighted by Gasteiger charge is 2.23. The van der Waals surface area contributed by atoms with Crippen LogP contribution in [-0.4, -0.2) is 21.1 Å². The molecule has 1 aromatic heterocycles. The molecule has 1 heterocycles. The van der Waals surface area contributed by atoms with E-state index in [2.05, 4.69) is 0 Å². The molecule has 0 aliphatic carbocycles. The van der Waals surface area contributed by atoms with Crippen molar-refractivity contribution < 1.29 is 24.7 Å². The van der Waals surface area contributed by atoms with Crippen LogP contribution in [0.15, 0.2) is 72.8 Å². The summed E-state index contributed by atoms with van der Waals surface area (Å²) in [6, 6.07) is 18.0. The maximum absolute atomic E-state index is 11.6. The van der Waals surface area contributed by atoms with Gasteiger partial charge in [-0.25, -0.2) is 4.79 Å². The van der Waals surface area contributed by atoms with E-state index >= 15 is 0 Å². The third-order valence-electron chi connectivity index (χ3n) is 4.49. The summed E-state index contributed by atoms with van der Waals surface area (Å²) in [5, 5.41) is 30.9. The molecule has 0 spiro atoms. The van der Waals surface area contributed by atoms with Crippen LogP contribution in [0.4, 0.5) is 5.69 Å². The van der Waals surface area contributed by atoms with Crippen molar-refractivity contribution in [3.05, 3.63) is 88.5 Å². The third kappa shape index (κ3) is 4.24. The average Bonchev–Trinajstić information content (AvgIpc) is 3.10. The van der Waals surface area contributed by atoms with Crippen molar-refractivity contribution >= 4 is 39.2 Å². The molecule has 154 valence electrons. The number of benzene rings is 3. The van der Waals surface area contributed by atoms with Gasteiger partial charge < -0.3 is 14.9 Å². The smallest absolute Gasteiger partial charge is 0.328 e. The first kappa shape index (κ1) is 20.1. The van der Waals surface area contributed by atoms with E-state index in [1.807, 2.05) is 0 Å². The van der Waals surface area contributed by atoms with Crippen LogP contribution in [0.5, 0.6) is 17.2 Å². The van der Waals surface area contributed by atoms with E-state index in [4.69, 9.17) is 9.84 Å². The van der Waals surface area contributed by atoms with Gasteiger partial charge in [0.2, 0.25) is 0 Å². The number of carbonyl (C=O) groups is 1. The van der Waals surface area contributed by atoms with Crippen LogP contribution < -0.4 is 4.74 Å². The monoisotopic (exact) mass is 433 g/mol. The number of carboxylic acids is 1. The topological polar surface area (TPSA) is 110 Å². The fraction of sp³-hybridized carbons (Fsp3) is 0. The number of para-hydroxylation sites is 1. The number of ether oxygens (including phenoxy) is 1. The highest BCUT2D eigenvalue weighted by atomic mass is 32.1. The second-order valence-corrected chi connectivity index (χ2v) is 7.61. The number of nitrogens with zero attached hydrogens (tertiary/aromatic N) is 1. The average molecular weight is 433 g/mol. The molecule has 4 aromatic rings. The van der Waals surface area contributed by atoms with Crippen molar-refractivity contribution in [2.45, 2.75) is 0 Å². The lowest BCUT2D eigenvalue weighted by molar-refractivity contribution is -0.384. The Labute approximate surface area is 180 Å². The van der Waals surface area contributed by atoms with Gasteiger partial charge in [-0.15, -0.1) is 11.3 Å². The number of thiophene rings is 1. The first-order valence-corrected chi connectivity index (χ1v) is 9.92. The summed E-state index contributed by atoms with van der Waals surface area (Å²) in [5.74, 6) is -0.0189. The van der Waals surface area contributed by atoms with Crippen molar-refractivity contribution in [2.24, 2.45) is 0 Å². The van der Waals surface area contributed by atoms with Crippen molar-refractivity contribution in [2.75, 3.05) is 0 Å². The zero-order valence-corrected chi connectivity index (χ0v) is 16.7. The number of rotatable bonds is 6. The lowest BCUT2D eigenvalue weighted by atomic mass is 10.1. The van der Waals surface area contributed by atoms with E-state index in [9.17, 15) is 20.0 Å². The van der Waals surface area contributed by atoms with Crippen LogP contribution in [0, 0.1) is 10.1 Å². The van der Waals surface area contributed by atoms with Crippen LogP contribution in [0.25, 0.3) is 26.6 Å². The number of phenolic OH excluding ortho intramolecular Hbond substituents is 1. The minimum atomic E-state index is -1.04. The first-order valence-electron chi connectivity index (χ1n) is 9.10. The number of nitro groups is 1. The molecule has 31 heavy (non-hydrogen) atoms. The van der Waals surface area contributed by atoms with Crippen LogP contribution in [0.1, 0.15) is 5.56 Å². The summed E-state index contributed by atoms with van der Waals surface area (Å²) in [7, 11) is 0. The number of carboxylic acid groups (broad SMARTS) is 1. The third-order valence-corrected chi connectivity index (χ3v) is 5.66. The zero-order chi connectivity index (χ0) is 22.0. The van der Waals surface area contributed by atoms with Crippen molar-refractivity contribution in [1.82, 2.24) is 0 Å². The fourth-order valence-electron chi connectivity index (χ4n) is 3.10. The van der Waals surface area contributed by atoms with Crippen molar-refractivity contribution in [1.29, 1.82) is 0 Å². The zero-order valence-electron chi connectivity index (χ0n) is 15.9. The molecule has 2 N–H and O–H groups in total. The van der Waals surface area contributed by atoms with Crippen LogP contribution >= 0.6 is 11.3 Å². The lowest BCUT2D eigenvalue weighted by Crippen LogP contribution is -1.92. The number of aromatic hydroxyl groups is 1. The molecular weight excluding hydrogens is 418 g/mol. The highest BCUT2D eigenvalue weighted by Crippen LogP contribution is 2.49. The molecule has 0 unspecified atom stereocenters. The molecule has 8 heteroatoms. The van der Waals surface area contributed by atoms with E-state index < -0.39 is 10.9 Å². The summed E-state index contributed by atoms with van der Waals surface area (Å²) in [5.41, 5.74) is 1.07. The first-order chi connectivity index (χ1) is 14.9. The van der Waals surface area contributed by atoms with E-state index in [0.717, 1.165) is 10.8 Å². The molecule has 0 atom stereocenters. The molecule has 7 nitrogen and oxygen atoms in total. The number of nitro benzene ring substituents is 1. The van der Waals surface area contributed by atoms with Gasteiger partial charge in [-0.05, 0) is 48.0 Å². The number of fused-ring (bicyclic) bond motifs is 1. The van der Waals surface area contributed by atoms with Crippen molar-refractivity contribution in [3.63, 3.8) is 0 Å². The van der Waals surface area contributed by atoms with Gasteiger partial charge in [-0.2, -0.15) is 0 Å². The number of aliphatic carboxylic acids is 1. The fourth-order valence-corrected chi connectivity index (χ4v) is 4.29. The normalized spacial score (nSPS) is 11.1. The van der Waals surface area contributed by atoms with Gasteiger partial charge in [0.1, 0.15) is 11.5 Å². The van der Waals surface area contributed by atoms with Gasteiger partial charge in [-0.1, -0.05) is 24.3 Å². The molecule has 0 aliphatic heterocycles. The lowest BCUT2D eigenvalue weighted by Gasteiger charge is -2.09. The van der Waals surface area contributed by atoms with Crippen LogP contribution in [0.2, 0.25) is 0 Å². The Kier molecular flexibility index (Phi) is 5.38. The SMILES string of the molecule is O=C(O)C=Cc1ccc(Oc2c(-c3ccccc3[N+](=O)[O-])sc3cc(O)ccc23)cc1. The molecule has 0 fully saturated rings. The second-order valence-electron chi connectivity index (χ2n) is 6.56. The molecule has 0 radical (unpaired) electrons. The summed E-state index contributed by atoms with van der Waals surface area (Å²) in [6.45, 7) is 0. The maximum atomic E-state index is 11.6. The summed E-state index contributed by atoms with van der Waals surface area (Å²) < 4.78 is 6.86. The van der Waals surface area contributed by atoms with Gasteiger partial charge in [0.15, 0.2) is 5.75 Å². The Morgan fingerprint density at radius 2 is 1.81 bits per heavy atom. The maximum Gasteiger partial charge on any atom is 0.328 e. The molecule has 0 aliphatic rings. The molecule has 0 amide bonds. The standard InChI is InChI=1S/C23H15NO6S/c25-15-8-11-18-20(13-15)31-23(17-3-1-2-4-19(17)24(28)29)22(18)30-16-9-5-14(6-10-16)7-12-21(26)27/h1-13,25H,(H,26,27). The molecule has 3 aromatic carbocycles. The van der Waals surface area contributed by atoms with E-state index in [0.29, 0.717) is 32.9 Å². The predicted molar refractivity (Wildman–Crippen MR) is 119 cm³/mol. The number of hydrogen-bond acceptors (Lipinski definition) is 6. The Bertz CT molecular complexity index is 1320. The Morgan fingerprint density at radius 3 is 2.52 bits per heavy atom. The Balaban J connectivity index is 1.81. The Hall–Kier alpha value is -4.17. The van der Waals surface area contributed by atoms with E-state index in [-0.39, 0.29) is 11.4 Å². The number of hydrogen-bond donors (Lipinski definition) is 2. The van der Waals surface area contributed by atoms with Gasteiger partial charge in [-0.3, -0.25) is 10.1 Å². The van der Waals surface area contributed by atoms with E-state index in [1.54, 1.807) is 54.6 Å². The molecule has 4 rings (SSSR count). The quantitative estimate of drug-likeness (QED) is 0.217. The molecule has 0 saturated carbocycles. The molecule has 0 saturated heterocycles. The van der Waals surface area contributed by atoms with Gasteiger partial charge in [0.05, 0.1) is 15.4 Å².